The second kappa shape index (κ2) is 6.89. The van der Waals surface area contributed by atoms with Crippen molar-refractivity contribution >= 4 is 10.0 Å². The quantitative estimate of drug-likeness (QED) is 0.838. The maximum atomic E-state index is 12.2. The summed E-state index contributed by atoms with van der Waals surface area (Å²) in [5.74, 6) is 0.183. The van der Waals surface area contributed by atoms with Gasteiger partial charge in [0.25, 0.3) is 0 Å². The molecule has 2 aliphatic rings. The van der Waals surface area contributed by atoms with E-state index < -0.39 is 10.0 Å². The molecule has 0 atom stereocenters. The van der Waals surface area contributed by atoms with E-state index in [1.807, 2.05) is 6.07 Å². The van der Waals surface area contributed by atoms with E-state index in [0.29, 0.717) is 13.1 Å². The Morgan fingerprint density at radius 1 is 1.04 bits per heavy atom. The molecule has 2 saturated heterocycles. The van der Waals surface area contributed by atoms with Gasteiger partial charge in [0.2, 0.25) is 10.0 Å². The summed E-state index contributed by atoms with van der Waals surface area (Å²) >= 11 is 0. The molecule has 3 rings (SSSR count). The number of ether oxygens (including phenoxy) is 1. The average Bonchev–Trinajstić information content (AvgIpc) is 2.63. The molecule has 1 aromatic rings. The van der Waals surface area contributed by atoms with Gasteiger partial charge < -0.3 is 4.74 Å². The van der Waals surface area contributed by atoms with Crippen LogP contribution < -0.4 is 0 Å². The van der Waals surface area contributed by atoms with Gasteiger partial charge in [0.05, 0.1) is 19.0 Å². The third-order valence-corrected chi connectivity index (χ3v) is 7.12. The monoisotopic (exact) mass is 338 g/mol. The average molecular weight is 338 g/mol. The molecule has 2 aliphatic heterocycles. The van der Waals surface area contributed by atoms with Gasteiger partial charge in [-0.1, -0.05) is 30.3 Å². The summed E-state index contributed by atoms with van der Waals surface area (Å²) in [7, 11) is -3.09. The molecule has 0 unspecified atom stereocenters. The van der Waals surface area contributed by atoms with Crippen LogP contribution in [0.1, 0.15) is 25.3 Å². The molecule has 0 spiro atoms. The number of rotatable bonds is 4. The number of sulfonamides is 1. The lowest BCUT2D eigenvalue weighted by Gasteiger charge is -2.50. The summed E-state index contributed by atoms with van der Waals surface area (Å²) in [5, 5.41) is 0. The Labute approximate surface area is 139 Å². The molecular formula is C17H26N2O3S. The Balaban J connectivity index is 1.87. The van der Waals surface area contributed by atoms with Crippen LogP contribution in [0, 0.1) is 0 Å². The van der Waals surface area contributed by atoms with Gasteiger partial charge in [-0.3, -0.25) is 4.90 Å². The van der Waals surface area contributed by atoms with Gasteiger partial charge in [0.15, 0.2) is 0 Å². The molecule has 2 fully saturated rings. The molecule has 1 aromatic carbocycles. The van der Waals surface area contributed by atoms with Crippen LogP contribution in [-0.2, 0) is 20.3 Å². The maximum Gasteiger partial charge on any atom is 0.213 e. The zero-order chi connectivity index (χ0) is 16.3. The highest BCUT2D eigenvalue weighted by atomic mass is 32.2. The van der Waals surface area contributed by atoms with Gasteiger partial charge >= 0.3 is 0 Å². The lowest BCUT2D eigenvalue weighted by atomic mass is 9.79. The molecule has 0 amide bonds. The summed E-state index contributed by atoms with van der Waals surface area (Å²) in [6.45, 7) is 6.25. The first-order valence-corrected chi connectivity index (χ1v) is 10.1. The van der Waals surface area contributed by atoms with Crippen molar-refractivity contribution in [2.24, 2.45) is 0 Å². The minimum Gasteiger partial charge on any atom is -0.379 e. The highest BCUT2D eigenvalue weighted by molar-refractivity contribution is 7.89. The van der Waals surface area contributed by atoms with Gasteiger partial charge in [-0.05, 0) is 25.3 Å². The molecule has 6 heteroatoms. The predicted octanol–water partition coefficient (Wildman–Crippen LogP) is 1.66. The molecule has 23 heavy (non-hydrogen) atoms. The first kappa shape index (κ1) is 16.9. The van der Waals surface area contributed by atoms with Crippen molar-refractivity contribution in [3.8, 4) is 0 Å². The number of hydrogen-bond acceptors (Lipinski definition) is 4. The van der Waals surface area contributed by atoms with Crippen molar-refractivity contribution in [1.82, 2.24) is 9.21 Å². The smallest absolute Gasteiger partial charge is 0.213 e. The lowest BCUT2D eigenvalue weighted by Crippen LogP contribution is -2.57. The molecule has 0 aliphatic carbocycles. The third kappa shape index (κ3) is 3.31. The summed E-state index contributed by atoms with van der Waals surface area (Å²) in [4.78, 5) is 2.50. The first-order chi connectivity index (χ1) is 11.1. The molecule has 128 valence electrons. The van der Waals surface area contributed by atoms with Crippen LogP contribution in [0.4, 0.5) is 0 Å². The Morgan fingerprint density at radius 3 is 2.22 bits per heavy atom. The van der Waals surface area contributed by atoms with Crippen LogP contribution in [0.25, 0.3) is 0 Å². The largest absolute Gasteiger partial charge is 0.379 e. The van der Waals surface area contributed by atoms with Gasteiger partial charge in [-0.15, -0.1) is 0 Å². The lowest BCUT2D eigenvalue weighted by molar-refractivity contribution is -0.0439. The fourth-order valence-electron chi connectivity index (χ4n) is 3.84. The molecule has 0 bridgehead atoms. The standard InChI is InChI=1S/C17H26N2O3S/c1-2-23(20,21)19-10-8-17(9-11-19,16-6-4-3-5-7-16)18-12-14-22-15-13-18/h3-7H,2,8-15H2,1H3. The summed E-state index contributed by atoms with van der Waals surface area (Å²) in [5.41, 5.74) is 1.24. The molecule has 0 saturated carbocycles. The van der Waals surface area contributed by atoms with Crippen LogP contribution in [0.15, 0.2) is 30.3 Å². The van der Waals surface area contributed by atoms with E-state index in [2.05, 4.69) is 29.2 Å². The Morgan fingerprint density at radius 2 is 1.65 bits per heavy atom. The number of hydrogen-bond donors (Lipinski definition) is 0. The second-order valence-corrected chi connectivity index (χ2v) is 8.55. The molecule has 0 aromatic heterocycles. The van der Waals surface area contributed by atoms with Crippen molar-refractivity contribution in [2.75, 3.05) is 45.1 Å². The van der Waals surface area contributed by atoms with E-state index in [4.69, 9.17) is 4.74 Å². The Kier molecular flexibility index (Phi) is 5.06. The van der Waals surface area contributed by atoms with E-state index >= 15 is 0 Å². The topological polar surface area (TPSA) is 49.9 Å². The van der Waals surface area contributed by atoms with Crippen molar-refractivity contribution in [1.29, 1.82) is 0 Å². The number of piperidine rings is 1. The number of morpholine rings is 1. The zero-order valence-electron chi connectivity index (χ0n) is 13.8. The van der Waals surface area contributed by atoms with E-state index in [0.717, 1.165) is 39.1 Å². The summed E-state index contributed by atoms with van der Waals surface area (Å²) < 4.78 is 31.5. The summed E-state index contributed by atoms with van der Waals surface area (Å²) in [6, 6.07) is 10.5. The van der Waals surface area contributed by atoms with Gasteiger partial charge in [-0.25, -0.2) is 12.7 Å². The van der Waals surface area contributed by atoms with Crippen LogP contribution in [0.3, 0.4) is 0 Å². The predicted molar refractivity (Wildman–Crippen MR) is 90.8 cm³/mol. The molecular weight excluding hydrogens is 312 g/mol. The van der Waals surface area contributed by atoms with E-state index in [9.17, 15) is 8.42 Å². The highest BCUT2D eigenvalue weighted by Crippen LogP contribution is 2.39. The van der Waals surface area contributed by atoms with Crippen LogP contribution in [0.5, 0.6) is 0 Å². The number of nitrogens with zero attached hydrogens (tertiary/aromatic N) is 2. The van der Waals surface area contributed by atoms with Crippen molar-refractivity contribution in [3.05, 3.63) is 35.9 Å². The molecule has 5 nitrogen and oxygen atoms in total. The summed E-state index contributed by atoms with van der Waals surface area (Å²) in [6.07, 6.45) is 1.69. The number of benzene rings is 1. The van der Waals surface area contributed by atoms with Crippen LogP contribution >= 0.6 is 0 Å². The van der Waals surface area contributed by atoms with Crippen molar-refractivity contribution in [2.45, 2.75) is 25.3 Å². The van der Waals surface area contributed by atoms with Crippen LogP contribution in [-0.4, -0.2) is 62.8 Å². The minimum atomic E-state index is -3.09. The maximum absolute atomic E-state index is 12.2. The van der Waals surface area contributed by atoms with Crippen molar-refractivity contribution < 1.29 is 13.2 Å². The van der Waals surface area contributed by atoms with Gasteiger partial charge in [0.1, 0.15) is 0 Å². The molecule has 0 N–H and O–H groups in total. The molecule has 0 radical (unpaired) electrons. The van der Waals surface area contributed by atoms with Gasteiger partial charge in [-0.2, -0.15) is 0 Å². The Hall–Kier alpha value is -0.950. The second-order valence-electron chi connectivity index (χ2n) is 6.30. The van der Waals surface area contributed by atoms with Gasteiger partial charge in [0, 0.05) is 31.7 Å². The normalized spacial score (nSPS) is 23.7. The Bertz CT molecular complexity index is 604. The van der Waals surface area contributed by atoms with E-state index in [-0.39, 0.29) is 11.3 Å². The third-order valence-electron chi connectivity index (χ3n) is 5.24. The fraction of sp³-hybridized carbons (Fsp3) is 0.647. The van der Waals surface area contributed by atoms with Crippen molar-refractivity contribution in [3.63, 3.8) is 0 Å². The first-order valence-electron chi connectivity index (χ1n) is 8.45. The molecule has 2 heterocycles. The zero-order valence-corrected chi connectivity index (χ0v) is 14.6. The van der Waals surface area contributed by atoms with Crippen LogP contribution in [0.2, 0.25) is 0 Å². The SMILES string of the molecule is CCS(=O)(=O)N1CCC(c2ccccc2)(N2CCOCC2)CC1. The highest BCUT2D eigenvalue weighted by Gasteiger charge is 2.43. The minimum absolute atomic E-state index is 0.0647. The van der Waals surface area contributed by atoms with E-state index in [1.54, 1.807) is 11.2 Å². The fourth-order valence-corrected chi connectivity index (χ4v) is 4.95. The van der Waals surface area contributed by atoms with E-state index in [1.165, 1.54) is 5.56 Å².